The molecule has 0 saturated carbocycles. The molecule has 1 heterocycles. The highest BCUT2D eigenvalue weighted by Gasteiger charge is 2.18. The van der Waals surface area contributed by atoms with E-state index in [1.54, 1.807) is 0 Å². The summed E-state index contributed by atoms with van der Waals surface area (Å²) in [6.07, 6.45) is 2.38. The molecule has 3 N–H and O–H groups in total. The van der Waals surface area contributed by atoms with Crippen LogP contribution in [0.1, 0.15) is 30.0 Å². The minimum Gasteiger partial charge on any atom is -0.324 e. The molecule has 15 heavy (non-hydrogen) atoms. The third kappa shape index (κ3) is 2.80. The van der Waals surface area contributed by atoms with Crippen LogP contribution in [0.4, 0.5) is 0 Å². The standard InChI is InChI=1S/C13H20N2/c1-10-3-2-4-12(7-10)13(14)8-11-5-6-15-9-11/h2-4,7,11,13,15H,5-6,8-9,14H2,1H3. The van der Waals surface area contributed by atoms with Crippen molar-refractivity contribution in [2.75, 3.05) is 13.1 Å². The van der Waals surface area contributed by atoms with Gasteiger partial charge in [0.2, 0.25) is 0 Å². The number of hydrogen-bond acceptors (Lipinski definition) is 2. The van der Waals surface area contributed by atoms with Crippen LogP contribution in [0.3, 0.4) is 0 Å². The molecule has 1 aromatic carbocycles. The van der Waals surface area contributed by atoms with Gasteiger partial charge in [-0.2, -0.15) is 0 Å². The second-order valence-electron chi connectivity index (χ2n) is 4.62. The molecule has 0 aliphatic carbocycles. The summed E-state index contributed by atoms with van der Waals surface area (Å²) in [4.78, 5) is 0. The van der Waals surface area contributed by atoms with Crippen molar-refractivity contribution in [3.63, 3.8) is 0 Å². The molecule has 1 fully saturated rings. The molecule has 2 nitrogen and oxygen atoms in total. The molecular formula is C13H20N2. The van der Waals surface area contributed by atoms with Gasteiger partial charge in [0.25, 0.3) is 0 Å². The molecule has 0 spiro atoms. The van der Waals surface area contributed by atoms with Gasteiger partial charge in [-0.1, -0.05) is 29.8 Å². The van der Waals surface area contributed by atoms with Gasteiger partial charge in [0.1, 0.15) is 0 Å². The van der Waals surface area contributed by atoms with Crippen LogP contribution in [0.2, 0.25) is 0 Å². The van der Waals surface area contributed by atoms with Crippen molar-refractivity contribution in [2.24, 2.45) is 11.7 Å². The average molecular weight is 204 g/mol. The zero-order valence-electron chi connectivity index (χ0n) is 9.37. The minimum absolute atomic E-state index is 0.204. The van der Waals surface area contributed by atoms with E-state index in [0.717, 1.165) is 25.4 Å². The van der Waals surface area contributed by atoms with Crippen molar-refractivity contribution in [3.8, 4) is 0 Å². The normalized spacial score (nSPS) is 22.9. The SMILES string of the molecule is Cc1cccc(C(N)CC2CCNC2)c1. The molecule has 2 heteroatoms. The maximum Gasteiger partial charge on any atom is 0.0298 e. The van der Waals surface area contributed by atoms with Crippen LogP contribution in [0.5, 0.6) is 0 Å². The van der Waals surface area contributed by atoms with Crippen molar-refractivity contribution < 1.29 is 0 Å². The molecule has 1 aromatic rings. The van der Waals surface area contributed by atoms with E-state index >= 15 is 0 Å². The third-order valence-corrected chi connectivity index (χ3v) is 3.22. The summed E-state index contributed by atoms with van der Waals surface area (Å²) in [6.45, 7) is 4.41. The van der Waals surface area contributed by atoms with E-state index in [4.69, 9.17) is 5.73 Å². The summed E-state index contributed by atoms with van der Waals surface area (Å²) in [5, 5.41) is 3.38. The Morgan fingerprint density at radius 1 is 1.53 bits per heavy atom. The Hall–Kier alpha value is -0.860. The largest absolute Gasteiger partial charge is 0.324 e. The Morgan fingerprint density at radius 2 is 2.40 bits per heavy atom. The van der Waals surface area contributed by atoms with Gasteiger partial charge in [-0.25, -0.2) is 0 Å². The molecule has 0 aromatic heterocycles. The van der Waals surface area contributed by atoms with E-state index in [1.807, 2.05) is 0 Å². The lowest BCUT2D eigenvalue weighted by atomic mass is 9.94. The van der Waals surface area contributed by atoms with Gasteiger partial charge in [0.05, 0.1) is 0 Å². The average Bonchev–Trinajstić information content (AvgIpc) is 2.70. The number of nitrogens with one attached hydrogen (secondary N) is 1. The number of nitrogens with two attached hydrogens (primary N) is 1. The first-order chi connectivity index (χ1) is 7.25. The van der Waals surface area contributed by atoms with Gasteiger partial charge in [-0.3, -0.25) is 0 Å². The molecule has 0 bridgehead atoms. The van der Waals surface area contributed by atoms with Crippen molar-refractivity contribution >= 4 is 0 Å². The number of hydrogen-bond donors (Lipinski definition) is 2. The summed E-state index contributed by atoms with van der Waals surface area (Å²) in [7, 11) is 0. The lowest BCUT2D eigenvalue weighted by Crippen LogP contribution is -2.17. The second-order valence-corrected chi connectivity index (χ2v) is 4.62. The van der Waals surface area contributed by atoms with E-state index in [0.29, 0.717) is 0 Å². The molecular weight excluding hydrogens is 184 g/mol. The number of benzene rings is 1. The summed E-state index contributed by atoms with van der Waals surface area (Å²) < 4.78 is 0. The highest BCUT2D eigenvalue weighted by molar-refractivity contribution is 5.24. The van der Waals surface area contributed by atoms with Crippen LogP contribution in [-0.2, 0) is 0 Å². The number of rotatable bonds is 3. The van der Waals surface area contributed by atoms with Crippen LogP contribution in [0.25, 0.3) is 0 Å². The molecule has 1 aliphatic rings. The first-order valence-electron chi connectivity index (χ1n) is 5.78. The van der Waals surface area contributed by atoms with Gasteiger partial charge >= 0.3 is 0 Å². The van der Waals surface area contributed by atoms with Crippen molar-refractivity contribution in [1.82, 2.24) is 5.32 Å². The second kappa shape index (κ2) is 4.77. The monoisotopic (exact) mass is 204 g/mol. The zero-order valence-corrected chi connectivity index (χ0v) is 9.37. The van der Waals surface area contributed by atoms with Crippen molar-refractivity contribution in [1.29, 1.82) is 0 Å². The Balaban J connectivity index is 1.97. The van der Waals surface area contributed by atoms with Crippen molar-refractivity contribution in [3.05, 3.63) is 35.4 Å². The fourth-order valence-corrected chi connectivity index (χ4v) is 2.31. The predicted octanol–water partition coefficient (Wildman–Crippen LogP) is 1.99. The topological polar surface area (TPSA) is 38.0 Å². The molecule has 2 unspecified atom stereocenters. The van der Waals surface area contributed by atoms with Gasteiger partial charge in [-0.15, -0.1) is 0 Å². The first kappa shape index (κ1) is 10.7. The molecule has 2 atom stereocenters. The van der Waals surface area contributed by atoms with Gasteiger partial charge in [0.15, 0.2) is 0 Å². The van der Waals surface area contributed by atoms with E-state index in [2.05, 4.69) is 36.5 Å². The Morgan fingerprint density at radius 3 is 3.07 bits per heavy atom. The minimum atomic E-state index is 0.204. The Labute approximate surface area is 91.9 Å². The molecule has 1 saturated heterocycles. The lowest BCUT2D eigenvalue weighted by Gasteiger charge is -2.16. The summed E-state index contributed by atoms with van der Waals surface area (Å²) >= 11 is 0. The molecule has 0 radical (unpaired) electrons. The maximum atomic E-state index is 6.22. The van der Waals surface area contributed by atoms with Crippen LogP contribution in [-0.4, -0.2) is 13.1 Å². The van der Waals surface area contributed by atoms with Gasteiger partial charge in [0, 0.05) is 6.04 Å². The molecule has 1 aliphatic heterocycles. The number of aryl methyl sites for hydroxylation is 1. The van der Waals surface area contributed by atoms with E-state index < -0.39 is 0 Å². The third-order valence-electron chi connectivity index (χ3n) is 3.22. The molecule has 0 amide bonds. The summed E-state index contributed by atoms with van der Waals surface area (Å²) in [5.74, 6) is 0.764. The quantitative estimate of drug-likeness (QED) is 0.790. The maximum absolute atomic E-state index is 6.22. The van der Waals surface area contributed by atoms with Crippen LogP contribution in [0, 0.1) is 12.8 Å². The highest BCUT2D eigenvalue weighted by atomic mass is 14.9. The predicted molar refractivity (Wildman–Crippen MR) is 63.7 cm³/mol. The van der Waals surface area contributed by atoms with Gasteiger partial charge < -0.3 is 11.1 Å². The van der Waals surface area contributed by atoms with Crippen LogP contribution < -0.4 is 11.1 Å². The summed E-state index contributed by atoms with van der Waals surface area (Å²) in [6, 6.07) is 8.76. The van der Waals surface area contributed by atoms with Crippen LogP contribution >= 0.6 is 0 Å². The zero-order chi connectivity index (χ0) is 10.7. The fraction of sp³-hybridized carbons (Fsp3) is 0.538. The van der Waals surface area contributed by atoms with E-state index in [-0.39, 0.29) is 6.04 Å². The smallest absolute Gasteiger partial charge is 0.0298 e. The fourth-order valence-electron chi connectivity index (χ4n) is 2.31. The Kier molecular flexibility index (Phi) is 3.39. The lowest BCUT2D eigenvalue weighted by molar-refractivity contribution is 0.473. The Bertz CT molecular complexity index is 316. The van der Waals surface area contributed by atoms with Gasteiger partial charge in [-0.05, 0) is 44.3 Å². The van der Waals surface area contributed by atoms with Crippen LogP contribution in [0.15, 0.2) is 24.3 Å². The van der Waals surface area contributed by atoms with Crippen molar-refractivity contribution in [2.45, 2.75) is 25.8 Å². The van der Waals surface area contributed by atoms with E-state index in [1.165, 1.54) is 17.5 Å². The van der Waals surface area contributed by atoms with E-state index in [9.17, 15) is 0 Å². The highest BCUT2D eigenvalue weighted by Crippen LogP contribution is 2.23. The molecule has 2 rings (SSSR count). The molecule has 82 valence electrons. The first-order valence-corrected chi connectivity index (χ1v) is 5.78. The summed E-state index contributed by atoms with van der Waals surface area (Å²) in [5.41, 5.74) is 8.79.